The van der Waals surface area contributed by atoms with Crippen molar-refractivity contribution in [2.24, 2.45) is 0 Å². The topological polar surface area (TPSA) is 26.3 Å². The highest BCUT2D eigenvalue weighted by Crippen LogP contribution is 2.43. The van der Waals surface area contributed by atoms with Crippen LogP contribution in [0.25, 0.3) is 66.1 Å². The second kappa shape index (κ2) is 9.71. The molecule has 0 unspecified atom stereocenters. The van der Waals surface area contributed by atoms with E-state index in [-0.39, 0.29) is 6.71 Å². The summed E-state index contributed by atoms with van der Waals surface area (Å²) in [7, 11) is 0. The summed E-state index contributed by atoms with van der Waals surface area (Å²) in [6.07, 6.45) is 0. The Labute approximate surface area is 279 Å². The van der Waals surface area contributed by atoms with Crippen molar-refractivity contribution >= 4 is 90.5 Å². The third-order valence-corrected chi connectivity index (χ3v) is 12.1. The first kappa shape index (κ1) is 26.0. The Morgan fingerprint density at radius 3 is 1.40 bits per heavy atom. The summed E-state index contributed by atoms with van der Waals surface area (Å²) in [5.74, 6) is 0. The lowest BCUT2D eigenvalue weighted by Gasteiger charge is -2.33. The van der Waals surface area contributed by atoms with Gasteiger partial charge in [0.15, 0.2) is 0 Å². The first-order valence-corrected chi connectivity index (χ1v) is 17.5. The van der Waals surface area contributed by atoms with E-state index < -0.39 is 0 Å². The number of hydrogen-bond donors (Lipinski definition) is 0. The molecule has 47 heavy (non-hydrogen) atoms. The molecule has 0 aliphatic carbocycles. The molecule has 7 aromatic carbocycles. The maximum atomic E-state index is 6.43. The SMILES string of the molecule is c1cc2c3c(c1)Sc1cc(-c4cccc5c4oc4ccccc45)ccc1B3c1ccc(-c3cccc4c3oc3ccccc34)cc1S2. The van der Waals surface area contributed by atoms with Gasteiger partial charge in [-0.3, -0.25) is 0 Å². The summed E-state index contributed by atoms with van der Waals surface area (Å²) in [6, 6.07) is 50.4. The van der Waals surface area contributed by atoms with Crippen molar-refractivity contribution in [2.45, 2.75) is 19.6 Å². The minimum absolute atomic E-state index is 0.181. The summed E-state index contributed by atoms with van der Waals surface area (Å²) in [6.45, 7) is 0.181. The molecular weight excluding hydrogens is 611 g/mol. The number of furan rings is 2. The monoisotopic (exact) mass is 634 g/mol. The van der Waals surface area contributed by atoms with Gasteiger partial charge in [-0.25, -0.2) is 0 Å². The molecule has 0 spiro atoms. The lowest BCUT2D eigenvalue weighted by molar-refractivity contribution is 0.669. The predicted molar refractivity (Wildman–Crippen MR) is 198 cm³/mol. The maximum absolute atomic E-state index is 6.43. The van der Waals surface area contributed by atoms with Gasteiger partial charge in [0.2, 0.25) is 6.71 Å². The Morgan fingerprint density at radius 1 is 0.404 bits per heavy atom. The van der Waals surface area contributed by atoms with Crippen molar-refractivity contribution in [3.05, 3.63) is 140 Å². The van der Waals surface area contributed by atoms with E-state index in [1.165, 1.54) is 47.1 Å². The first-order valence-electron chi connectivity index (χ1n) is 15.9. The highest BCUT2D eigenvalue weighted by molar-refractivity contribution is 8.01. The molecule has 2 aliphatic heterocycles. The molecule has 9 aromatic rings. The number of rotatable bonds is 2. The van der Waals surface area contributed by atoms with Crippen LogP contribution in [0.3, 0.4) is 0 Å². The summed E-state index contributed by atoms with van der Waals surface area (Å²) in [5, 5.41) is 4.63. The van der Waals surface area contributed by atoms with Gasteiger partial charge in [-0.2, -0.15) is 0 Å². The van der Waals surface area contributed by atoms with Gasteiger partial charge >= 0.3 is 0 Å². The van der Waals surface area contributed by atoms with Crippen molar-refractivity contribution in [3.63, 3.8) is 0 Å². The molecule has 2 aliphatic rings. The van der Waals surface area contributed by atoms with Gasteiger partial charge in [0.25, 0.3) is 0 Å². The van der Waals surface area contributed by atoms with E-state index in [9.17, 15) is 0 Å². The van der Waals surface area contributed by atoms with Crippen LogP contribution >= 0.6 is 23.5 Å². The highest BCUT2D eigenvalue weighted by atomic mass is 32.2. The van der Waals surface area contributed by atoms with E-state index in [1.54, 1.807) is 0 Å². The molecular formula is C42H23BO2S2. The fraction of sp³-hybridized carbons (Fsp3) is 0. The van der Waals surface area contributed by atoms with Crippen molar-refractivity contribution in [3.8, 4) is 22.3 Å². The Morgan fingerprint density at radius 2 is 0.872 bits per heavy atom. The molecule has 0 radical (unpaired) electrons. The maximum Gasteiger partial charge on any atom is 0.247 e. The predicted octanol–water partition coefficient (Wildman–Crippen LogP) is 10.3. The largest absolute Gasteiger partial charge is 0.455 e. The van der Waals surface area contributed by atoms with Crippen molar-refractivity contribution < 1.29 is 8.83 Å². The lowest BCUT2D eigenvalue weighted by atomic mass is 9.36. The highest BCUT2D eigenvalue weighted by Gasteiger charge is 2.38. The zero-order chi connectivity index (χ0) is 30.6. The molecule has 0 saturated heterocycles. The normalized spacial score (nSPS) is 13.3. The van der Waals surface area contributed by atoms with Crippen molar-refractivity contribution in [1.82, 2.24) is 0 Å². The fourth-order valence-corrected chi connectivity index (χ4v) is 10.2. The molecule has 11 rings (SSSR count). The minimum Gasteiger partial charge on any atom is -0.455 e. The van der Waals surface area contributed by atoms with Gasteiger partial charge in [-0.1, -0.05) is 138 Å². The van der Waals surface area contributed by atoms with Crippen LogP contribution in [0.1, 0.15) is 0 Å². The van der Waals surface area contributed by atoms with Crippen molar-refractivity contribution in [1.29, 1.82) is 0 Å². The molecule has 218 valence electrons. The van der Waals surface area contributed by atoms with Crippen LogP contribution in [0, 0.1) is 0 Å². The van der Waals surface area contributed by atoms with E-state index in [0.29, 0.717) is 0 Å². The Balaban J connectivity index is 1.06. The van der Waals surface area contributed by atoms with Gasteiger partial charge in [0.1, 0.15) is 22.3 Å². The molecule has 0 fully saturated rings. The number of para-hydroxylation sites is 4. The van der Waals surface area contributed by atoms with E-state index in [1.807, 2.05) is 35.7 Å². The molecule has 2 nitrogen and oxygen atoms in total. The molecule has 2 aromatic heterocycles. The molecule has 0 N–H and O–H groups in total. The molecule has 0 bridgehead atoms. The number of benzene rings is 7. The van der Waals surface area contributed by atoms with Crippen LogP contribution in [-0.2, 0) is 0 Å². The van der Waals surface area contributed by atoms with Crippen LogP contribution in [-0.4, -0.2) is 6.71 Å². The third-order valence-electron chi connectivity index (χ3n) is 9.83. The molecule has 5 heteroatoms. The average molecular weight is 635 g/mol. The summed E-state index contributed by atoms with van der Waals surface area (Å²) >= 11 is 3.78. The first-order chi connectivity index (χ1) is 23.3. The molecule has 0 amide bonds. The van der Waals surface area contributed by atoms with Crippen molar-refractivity contribution in [2.75, 3.05) is 0 Å². The second-order valence-electron chi connectivity index (χ2n) is 12.4. The Kier molecular flexibility index (Phi) is 5.38. The van der Waals surface area contributed by atoms with Crippen LogP contribution in [0.5, 0.6) is 0 Å². The van der Waals surface area contributed by atoms with Crippen LogP contribution < -0.4 is 16.4 Å². The minimum atomic E-state index is 0.181. The summed E-state index contributed by atoms with van der Waals surface area (Å²) in [5.41, 5.74) is 12.5. The standard InChI is InChI=1S/C42H23BO2S2/c1-3-14-34-28(8-1)30-12-5-10-26(41(30)44-34)24-18-20-32-38(22-24)46-36-16-7-17-37-40(36)43(32)33-21-19-25(23-39(33)47-37)27-11-6-13-31-29-9-2-4-15-35(29)45-42(27)31/h1-23H. The molecule has 4 heterocycles. The van der Waals surface area contributed by atoms with Gasteiger partial charge in [-0.15, -0.1) is 0 Å². The Bertz CT molecular complexity index is 2590. The summed E-state index contributed by atoms with van der Waals surface area (Å²) in [4.78, 5) is 5.29. The summed E-state index contributed by atoms with van der Waals surface area (Å²) < 4.78 is 12.9. The van der Waals surface area contributed by atoms with Gasteiger partial charge < -0.3 is 8.83 Å². The Hall–Kier alpha value is -5.10. The number of fused-ring (bicyclic) bond motifs is 10. The zero-order valence-electron chi connectivity index (χ0n) is 25.0. The fourth-order valence-electron chi connectivity index (χ4n) is 7.71. The smallest absolute Gasteiger partial charge is 0.247 e. The lowest BCUT2D eigenvalue weighted by Crippen LogP contribution is -2.57. The van der Waals surface area contributed by atoms with E-state index in [4.69, 9.17) is 8.83 Å². The van der Waals surface area contributed by atoms with Crippen LogP contribution in [0.15, 0.2) is 168 Å². The molecule has 0 saturated carbocycles. The van der Waals surface area contributed by atoms with Crippen LogP contribution in [0.2, 0.25) is 0 Å². The average Bonchev–Trinajstić information content (AvgIpc) is 3.70. The van der Waals surface area contributed by atoms with Gasteiger partial charge in [0.05, 0.1) is 0 Å². The van der Waals surface area contributed by atoms with E-state index in [0.717, 1.165) is 55.0 Å². The second-order valence-corrected chi connectivity index (χ2v) is 14.5. The van der Waals surface area contributed by atoms with Gasteiger partial charge in [0, 0.05) is 52.3 Å². The molecule has 0 atom stereocenters. The van der Waals surface area contributed by atoms with E-state index in [2.05, 4.69) is 127 Å². The van der Waals surface area contributed by atoms with Gasteiger partial charge in [-0.05, 0) is 53.0 Å². The van der Waals surface area contributed by atoms with Crippen LogP contribution in [0.4, 0.5) is 0 Å². The third kappa shape index (κ3) is 3.73. The quantitative estimate of drug-likeness (QED) is 0.177. The zero-order valence-corrected chi connectivity index (χ0v) is 26.6. The van der Waals surface area contributed by atoms with E-state index >= 15 is 0 Å². The number of hydrogen-bond acceptors (Lipinski definition) is 4.